The van der Waals surface area contributed by atoms with E-state index in [9.17, 15) is 4.79 Å². The lowest BCUT2D eigenvalue weighted by molar-refractivity contribution is 0.0955. The Hall–Kier alpha value is -3.61. The van der Waals surface area contributed by atoms with E-state index in [1.807, 2.05) is 44.3 Å². The summed E-state index contributed by atoms with van der Waals surface area (Å²) in [6, 6.07) is 9.44. The summed E-state index contributed by atoms with van der Waals surface area (Å²) in [5.41, 5.74) is 4.25. The van der Waals surface area contributed by atoms with Gasteiger partial charge in [0, 0.05) is 41.8 Å². The standard InChI is InChI=1S/C20H18N6O/c1-3-22-20(27)14-9-13(10-21-11-14)17-15-7-8-23-18(15)26-19(25-17)16-6-4-5-12(2)24-16/h4-11H,3H2,1-2H3,(H,22,27)(H,23,25,26). The number of nitrogens with zero attached hydrogens (tertiary/aromatic N) is 4. The van der Waals surface area contributed by atoms with Crippen molar-refractivity contribution in [1.82, 2.24) is 30.2 Å². The summed E-state index contributed by atoms with van der Waals surface area (Å²) >= 11 is 0. The van der Waals surface area contributed by atoms with Crippen LogP contribution in [0.4, 0.5) is 0 Å². The molecule has 0 saturated carbocycles. The molecule has 7 nitrogen and oxygen atoms in total. The second-order valence-corrected chi connectivity index (χ2v) is 6.12. The summed E-state index contributed by atoms with van der Waals surface area (Å²) in [4.78, 5) is 33.4. The van der Waals surface area contributed by atoms with E-state index in [1.54, 1.807) is 18.5 Å². The third kappa shape index (κ3) is 3.27. The van der Waals surface area contributed by atoms with E-state index in [2.05, 4.69) is 25.3 Å². The zero-order valence-electron chi connectivity index (χ0n) is 15.0. The Morgan fingerprint density at radius 2 is 2.04 bits per heavy atom. The van der Waals surface area contributed by atoms with Gasteiger partial charge in [-0.1, -0.05) is 6.07 Å². The topological polar surface area (TPSA) is 96.5 Å². The van der Waals surface area contributed by atoms with Gasteiger partial charge in [-0.2, -0.15) is 0 Å². The molecule has 4 heterocycles. The van der Waals surface area contributed by atoms with Crippen LogP contribution in [0.15, 0.2) is 48.9 Å². The normalized spacial score (nSPS) is 10.9. The van der Waals surface area contributed by atoms with Crippen molar-refractivity contribution in [2.75, 3.05) is 6.54 Å². The van der Waals surface area contributed by atoms with Gasteiger partial charge in [0.25, 0.3) is 5.91 Å². The fourth-order valence-corrected chi connectivity index (χ4v) is 2.90. The van der Waals surface area contributed by atoms with Gasteiger partial charge in [-0.15, -0.1) is 0 Å². The molecule has 7 heteroatoms. The number of fused-ring (bicyclic) bond motifs is 1. The maximum atomic E-state index is 12.2. The number of carbonyl (C=O) groups excluding carboxylic acids is 1. The van der Waals surface area contributed by atoms with Crippen molar-refractivity contribution in [3.05, 3.63) is 60.2 Å². The van der Waals surface area contributed by atoms with Crippen LogP contribution in [0.1, 0.15) is 23.0 Å². The van der Waals surface area contributed by atoms with Gasteiger partial charge in [-0.3, -0.25) is 9.78 Å². The monoisotopic (exact) mass is 358 g/mol. The highest BCUT2D eigenvalue weighted by atomic mass is 16.1. The number of H-pyrrole nitrogens is 1. The molecule has 0 aliphatic rings. The molecule has 0 bridgehead atoms. The van der Waals surface area contributed by atoms with Crippen LogP contribution in [0, 0.1) is 6.92 Å². The van der Waals surface area contributed by atoms with Gasteiger partial charge in [0.05, 0.1) is 11.3 Å². The van der Waals surface area contributed by atoms with Crippen LogP contribution in [0.25, 0.3) is 33.8 Å². The average Bonchev–Trinajstić information content (AvgIpc) is 3.16. The minimum Gasteiger partial charge on any atom is -0.352 e. The predicted molar refractivity (Wildman–Crippen MR) is 103 cm³/mol. The molecule has 0 aromatic carbocycles. The Bertz CT molecular complexity index is 1130. The van der Waals surface area contributed by atoms with E-state index < -0.39 is 0 Å². The van der Waals surface area contributed by atoms with Gasteiger partial charge in [0.15, 0.2) is 5.82 Å². The van der Waals surface area contributed by atoms with Gasteiger partial charge < -0.3 is 10.3 Å². The molecule has 0 atom stereocenters. The third-order valence-electron chi connectivity index (χ3n) is 4.14. The number of aromatic nitrogens is 5. The summed E-state index contributed by atoms with van der Waals surface area (Å²) in [6.45, 7) is 4.36. The second-order valence-electron chi connectivity index (χ2n) is 6.12. The molecule has 0 radical (unpaired) electrons. The first kappa shape index (κ1) is 16.8. The van der Waals surface area contributed by atoms with Crippen LogP contribution in [0.5, 0.6) is 0 Å². The Morgan fingerprint density at radius 1 is 1.15 bits per heavy atom. The van der Waals surface area contributed by atoms with Crippen LogP contribution >= 0.6 is 0 Å². The maximum absolute atomic E-state index is 12.2. The van der Waals surface area contributed by atoms with Crippen molar-refractivity contribution < 1.29 is 4.79 Å². The molecule has 4 aromatic heterocycles. The van der Waals surface area contributed by atoms with Crippen molar-refractivity contribution in [2.45, 2.75) is 13.8 Å². The highest BCUT2D eigenvalue weighted by Crippen LogP contribution is 2.28. The average molecular weight is 358 g/mol. The summed E-state index contributed by atoms with van der Waals surface area (Å²) in [6.07, 6.45) is 5.06. The Balaban J connectivity index is 1.88. The van der Waals surface area contributed by atoms with E-state index >= 15 is 0 Å². The molecule has 4 aromatic rings. The molecular formula is C20H18N6O. The molecule has 1 amide bonds. The van der Waals surface area contributed by atoms with Crippen molar-refractivity contribution in [1.29, 1.82) is 0 Å². The van der Waals surface area contributed by atoms with Crippen molar-refractivity contribution in [2.24, 2.45) is 0 Å². The minimum absolute atomic E-state index is 0.160. The Labute approximate surface area is 155 Å². The highest BCUT2D eigenvalue weighted by Gasteiger charge is 2.15. The quantitative estimate of drug-likeness (QED) is 0.584. The van der Waals surface area contributed by atoms with E-state index in [0.29, 0.717) is 35.0 Å². The van der Waals surface area contributed by atoms with E-state index in [4.69, 9.17) is 4.98 Å². The summed E-state index contributed by atoms with van der Waals surface area (Å²) in [7, 11) is 0. The smallest absolute Gasteiger partial charge is 0.252 e. The first-order valence-corrected chi connectivity index (χ1v) is 8.68. The molecule has 134 valence electrons. The van der Waals surface area contributed by atoms with Crippen LogP contribution in [0.2, 0.25) is 0 Å². The first-order valence-electron chi connectivity index (χ1n) is 8.68. The van der Waals surface area contributed by atoms with Crippen molar-refractivity contribution in [3.63, 3.8) is 0 Å². The number of hydrogen-bond donors (Lipinski definition) is 2. The number of aromatic amines is 1. The van der Waals surface area contributed by atoms with Crippen LogP contribution in [-0.4, -0.2) is 37.4 Å². The van der Waals surface area contributed by atoms with Gasteiger partial charge >= 0.3 is 0 Å². The third-order valence-corrected chi connectivity index (χ3v) is 4.14. The van der Waals surface area contributed by atoms with Crippen molar-refractivity contribution >= 4 is 16.9 Å². The van der Waals surface area contributed by atoms with Crippen molar-refractivity contribution in [3.8, 4) is 22.8 Å². The lowest BCUT2D eigenvalue weighted by atomic mass is 10.1. The first-order chi connectivity index (χ1) is 13.2. The number of amides is 1. The number of hydrogen-bond acceptors (Lipinski definition) is 5. The highest BCUT2D eigenvalue weighted by molar-refractivity contribution is 5.97. The van der Waals surface area contributed by atoms with Gasteiger partial charge in [-0.05, 0) is 38.1 Å². The predicted octanol–water partition coefficient (Wildman–Crippen LogP) is 3.14. The summed E-state index contributed by atoms with van der Waals surface area (Å²) in [5, 5.41) is 3.65. The van der Waals surface area contributed by atoms with Crippen LogP contribution < -0.4 is 5.32 Å². The SMILES string of the molecule is CCNC(=O)c1cncc(-c2nc(-c3cccc(C)n3)nc3[nH]ccc23)c1. The van der Waals surface area contributed by atoms with Crippen LogP contribution in [-0.2, 0) is 0 Å². The van der Waals surface area contributed by atoms with Gasteiger partial charge in [-0.25, -0.2) is 15.0 Å². The molecule has 0 aliphatic carbocycles. The second kappa shape index (κ2) is 6.95. The van der Waals surface area contributed by atoms with Gasteiger partial charge in [0.2, 0.25) is 0 Å². The molecule has 2 N–H and O–H groups in total. The fraction of sp³-hybridized carbons (Fsp3) is 0.150. The molecule has 4 rings (SSSR count). The Morgan fingerprint density at radius 3 is 2.85 bits per heavy atom. The van der Waals surface area contributed by atoms with Gasteiger partial charge in [0.1, 0.15) is 11.3 Å². The number of pyridine rings is 2. The lowest BCUT2D eigenvalue weighted by Crippen LogP contribution is -2.22. The molecule has 0 aliphatic heterocycles. The number of rotatable bonds is 4. The lowest BCUT2D eigenvalue weighted by Gasteiger charge is -2.08. The molecule has 0 unspecified atom stereocenters. The maximum Gasteiger partial charge on any atom is 0.252 e. The van der Waals surface area contributed by atoms with E-state index in [1.165, 1.54) is 0 Å². The molecule has 27 heavy (non-hydrogen) atoms. The Kier molecular flexibility index (Phi) is 4.33. The van der Waals surface area contributed by atoms with Crippen LogP contribution in [0.3, 0.4) is 0 Å². The number of nitrogens with one attached hydrogen (secondary N) is 2. The number of carbonyl (C=O) groups is 1. The van der Waals surface area contributed by atoms with E-state index in [0.717, 1.165) is 16.6 Å². The fourth-order valence-electron chi connectivity index (χ4n) is 2.90. The zero-order valence-corrected chi connectivity index (χ0v) is 15.0. The zero-order chi connectivity index (χ0) is 18.8. The minimum atomic E-state index is -0.160. The molecular weight excluding hydrogens is 340 g/mol. The molecule has 0 saturated heterocycles. The molecule has 0 spiro atoms. The summed E-state index contributed by atoms with van der Waals surface area (Å²) in [5.74, 6) is 0.360. The number of aryl methyl sites for hydroxylation is 1. The van der Waals surface area contributed by atoms with E-state index in [-0.39, 0.29) is 5.91 Å². The molecule has 0 fully saturated rings. The largest absolute Gasteiger partial charge is 0.352 e. The summed E-state index contributed by atoms with van der Waals surface area (Å²) < 4.78 is 0.